The zero-order valence-electron chi connectivity index (χ0n) is 18.6. The minimum Gasteiger partial charge on any atom is -0.292 e. The summed E-state index contributed by atoms with van der Waals surface area (Å²) < 4.78 is 0. The van der Waals surface area contributed by atoms with Crippen LogP contribution in [-0.2, 0) is 9.59 Å². The van der Waals surface area contributed by atoms with Crippen LogP contribution in [0.5, 0.6) is 0 Å². The maximum absolute atomic E-state index is 13.5. The van der Waals surface area contributed by atoms with Crippen molar-refractivity contribution in [2.45, 2.75) is 6.42 Å². The molecule has 5 rings (SSSR count). The third-order valence-electron chi connectivity index (χ3n) is 6.94. The second-order valence-electron chi connectivity index (χ2n) is 8.88. The second kappa shape index (κ2) is 8.48. The lowest BCUT2D eigenvalue weighted by Crippen LogP contribution is -2.52. The molecule has 0 radical (unpaired) electrons. The summed E-state index contributed by atoms with van der Waals surface area (Å²) in [4.78, 5) is 73.8. The Kier molecular flexibility index (Phi) is 5.43. The number of benzene rings is 2. The number of non-ortho nitro benzene ring substituents is 2. The van der Waals surface area contributed by atoms with Crippen molar-refractivity contribution >= 4 is 34.9 Å². The molecule has 0 spiro atoms. The highest BCUT2D eigenvalue weighted by Gasteiger charge is 2.61. The first kappa shape index (κ1) is 23.0. The quantitative estimate of drug-likeness (QED) is 0.188. The van der Waals surface area contributed by atoms with Gasteiger partial charge in [-0.25, -0.2) is 5.01 Å². The van der Waals surface area contributed by atoms with Crippen molar-refractivity contribution in [2.75, 3.05) is 6.54 Å². The molecule has 1 heterocycles. The van der Waals surface area contributed by atoms with Gasteiger partial charge in [0.1, 0.15) is 6.54 Å². The molecule has 3 amide bonds. The Bertz CT molecular complexity index is 1320. The summed E-state index contributed by atoms with van der Waals surface area (Å²) in [7, 11) is 0. The first-order valence-corrected chi connectivity index (χ1v) is 11.1. The number of hydrazine groups is 1. The maximum atomic E-state index is 13.5. The van der Waals surface area contributed by atoms with Crippen LogP contribution in [0.1, 0.15) is 27.1 Å². The fourth-order valence-corrected chi connectivity index (χ4v) is 5.23. The van der Waals surface area contributed by atoms with E-state index in [0.717, 1.165) is 34.3 Å². The molecule has 12 heteroatoms. The molecule has 2 aromatic rings. The van der Waals surface area contributed by atoms with Crippen LogP contribution in [0, 0.1) is 43.9 Å². The van der Waals surface area contributed by atoms with Crippen LogP contribution in [0.3, 0.4) is 0 Å². The summed E-state index contributed by atoms with van der Waals surface area (Å²) in [5.41, 5.74) is -0.504. The number of carbonyl (C=O) groups excluding carboxylic acids is 4. The number of ketones is 1. The molecule has 0 unspecified atom stereocenters. The van der Waals surface area contributed by atoms with E-state index in [1.807, 2.05) is 12.2 Å². The van der Waals surface area contributed by atoms with Crippen molar-refractivity contribution in [3.63, 3.8) is 0 Å². The number of amides is 3. The second-order valence-corrected chi connectivity index (χ2v) is 8.88. The zero-order valence-corrected chi connectivity index (χ0v) is 18.6. The molecule has 0 N–H and O–H groups in total. The number of hydrogen-bond acceptors (Lipinski definition) is 8. The number of hydrogen-bond donors (Lipinski definition) is 0. The minimum atomic E-state index is -0.859. The lowest BCUT2D eigenvalue weighted by Gasteiger charge is -2.30. The van der Waals surface area contributed by atoms with E-state index in [9.17, 15) is 39.4 Å². The van der Waals surface area contributed by atoms with Crippen LogP contribution in [-0.4, -0.2) is 49.9 Å². The van der Waals surface area contributed by atoms with Crippen molar-refractivity contribution < 1.29 is 29.0 Å². The van der Waals surface area contributed by atoms with E-state index in [1.54, 1.807) is 0 Å². The maximum Gasteiger partial charge on any atom is 0.273 e. The van der Waals surface area contributed by atoms with E-state index in [0.29, 0.717) is 6.42 Å². The van der Waals surface area contributed by atoms with Crippen LogP contribution in [0.2, 0.25) is 0 Å². The van der Waals surface area contributed by atoms with E-state index in [4.69, 9.17) is 0 Å². The minimum absolute atomic E-state index is 0.0446. The number of imide groups is 1. The smallest absolute Gasteiger partial charge is 0.273 e. The molecule has 12 nitrogen and oxygen atoms in total. The third kappa shape index (κ3) is 3.63. The van der Waals surface area contributed by atoms with Crippen molar-refractivity contribution in [2.24, 2.45) is 23.7 Å². The van der Waals surface area contributed by atoms with Gasteiger partial charge in [-0.15, -0.1) is 0 Å². The summed E-state index contributed by atoms with van der Waals surface area (Å²) in [5.74, 6) is -4.14. The summed E-state index contributed by atoms with van der Waals surface area (Å²) in [6.45, 7) is -0.687. The van der Waals surface area contributed by atoms with Crippen molar-refractivity contribution in [3.8, 4) is 0 Å². The molecule has 36 heavy (non-hydrogen) atoms. The van der Waals surface area contributed by atoms with Crippen LogP contribution < -0.4 is 0 Å². The van der Waals surface area contributed by atoms with Gasteiger partial charge in [0.2, 0.25) is 0 Å². The van der Waals surface area contributed by atoms with E-state index >= 15 is 0 Å². The Hall–Kier alpha value is -4.74. The number of carbonyl (C=O) groups is 4. The number of nitro groups is 2. The summed E-state index contributed by atoms with van der Waals surface area (Å²) in [6, 6.07) is 9.29. The highest BCUT2D eigenvalue weighted by Crippen LogP contribution is 2.52. The number of fused-ring (bicyclic) bond motifs is 5. The molecule has 1 saturated carbocycles. The lowest BCUT2D eigenvalue weighted by molar-refractivity contribution is -0.385. The molecule has 2 aliphatic carbocycles. The average Bonchev–Trinajstić information content (AvgIpc) is 3.56. The molecular weight excluding hydrogens is 472 g/mol. The van der Waals surface area contributed by atoms with Crippen LogP contribution in [0.4, 0.5) is 11.4 Å². The number of allylic oxidation sites excluding steroid dienone is 2. The Morgan fingerprint density at radius 3 is 1.69 bits per heavy atom. The van der Waals surface area contributed by atoms with Gasteiger partial charge in [0, 0.05) is 35.4 Å². The highest BCUT2D eigenvalue weighted by molar-refractivity contribution is 6.10. The van der Waals surface area contributed by atoms with Gasteiger partial charge in [-0.05, 0) is 42.5 Å². The molecule has 2 fully saturated rings. The third-order valence-corrected chi connectivity index (χ3v) is 6.94. The average molecular weight is 490 g/mol. The lowest BCUT2D eigenvalue weighted by atomic mass is 9.85. The van der Waals surface area contributed by atoms with Gasteiger partial charge in [-0.2, -0.15) is 5.01 Å². The summed E-state index contributed by atoms with van der Waals surface area (Å²) in [6.07, 6.45) is 4.47. The zero-order chi connectivity index (χ0) is 25.7. The predicted octanol–water partition coefficient (Wildman–Crippen LogP) is 2.55. The van der Waals surface area contributed by atoms with Crippen LogP contribution >= 0.6 is 0 Å². The standard InChI is InChI=1S/C24H18N4O8/c29-19(13-3-7-17(8-4-13)27(33)34)12-25(22(30)14-5-9-18(10-6-14)28(35)36)26-23(31)20-15-1-2-16(11-15)21(20)24(26)32/h1-10,15-16,20-21H,11-12H2/t15-,16-,20-,21-/m0/s1. The van der Waals surface area contributed by atoms with Gasteiger partial charge in [-0.1, -0.05) is 12.2 Å². The summed E-state index contributed by atoms with van der Waals surface area (Å²) >= 11 is 0. The number of nitrogens with zero attached hydrogens (tertiary/aromatic N) is 4. The van der Waals surface area contributed by atoms with Gasteiger partial charge >= 0.3 is 0 Å². The largest absolute Gasteiger partial charge is 0.292 e. The molecule has 0 aromatic heterocycles. The molecule has 4 atom stereocenters. The Morgan fingerprint density at radius 1 is 0.806 bits per heavy atom. The predicted molar refractivity (Wildman–Crippen MR) is 121 cm³/mol. The number of rotatable bonds is 7. The SMILES string of the molecule is O=C(CN(C(=O)c1ccc([N+](=O)[O-])cc1)N1C(=O)[C@@H]2[C@@H](C1=O)[C@H]1C=C[C@H]2C1)c1ccc([N+](=O)[O-])cc1. The Labute approximate surface area is 203 Å². The fraction of sp³-hybridized carbons (Fsp3) is 0.250. The number of nitro benzene ring substituents is 2. The monoisotopic (exact) mass is 490 g/mol. The topological polar surface area (TPSA) is 161 Å². The van der Waals surface area contributed by atoms with Crippen LogP contribution in [0.25, 0.3) is 0 Å². The van der Waals surface area contributed by atoms with Gasteiger partial charge in [0.25, 0.3) is 29.1 Å². The van der Waals surface area contributed by atoms with E-state index in [-0.39, 0.29) is 34.3 Å². The fourth-order valence-electron chi connectivity index (χ4n) is 5.23. The highest BCUT2D eigenvalue weighted by atomic mass is 16.6. The molecule has 1 aliphatic heterocycles. The van der Waals surface area contributed by atoms with Crippen molar-refractivity contribution in [3.05, 3.63) is 92.0 Å². The van der Waals surface area contributed by atoms with Gasteiger partial charge in [0.05, 0.1) is 21.7 Å². The molecule has 2 bridgehead atoms. The normalized spacial score (nSPS) is 23.6. The Balaban J connectivity index is 1.48. The number of Topliss-reactive ketones (excluding diaryl/α,β-unsaturated/α-hetero) is 1. The van der Waals surface area contributed by atoms with E-state index in [1.165, 1.54) is 24.3 Å². The Morgan fingerprint density at radius 2 is 1.25 bits per heavy atom. The van der Waals surface area contributed by atoms with E-state index in [2.05, 4.69) is 0 Å². The van der Waals surface area contributed by atoms with Gasteiger partial charge < -0.3 is 0 Å². The first-order valence-electron chi connectivity index (χ1n) is 11.1. The molecular formula is C24H18N4O8. The van der Waals surface area contributed by atoms with E-state index < -0.39 is 51.7 Å². The summed E-state index contributed by atoms with van der Waals surface area (Å²) in [5, 5.41) is 23.4. The van der Waals surface area contributed by atoms with Crippen molar-refractivity contribution in [1.82, 2.24) is 10.0 Å². The van der Waals surface area contributed by atoms with Crippen molar-refractivity contribution in [1.29, 1.82) is 0 Å². The first-order chi connectivity index (χ1) is 17.2. The van der Waals surface area contributed by atoms with Gasteiger partial charge in [-0.3, -0.25) is 39.4 Å². The molecule has 2 aromatic carbocycles. The molecule has 182 valence electrons. The molecule has 1 saturated heterocycles. The molecule has 3 aliphatic rings. The van der Waals surface area contributed by atoms with Gasteiger partial charge in [0.15, 0.2) is 5.78 Å². The van der Waals surface area contributed by atoms with Crippen LogP contribution in [0.15, 0.2) is 60.7 Å².